The van der Waals surface area contributed by atoms with E-state index in [0.29, 0.717) is 0 Å². The van der Waals surface area contributed by atoms with Crippen molar-refractivity contribution in [2.75, 3.05) is 27.7 Å². The Morgan fingerprint density at radius 3 is 1.69 bits per heavy atom. The maximum Gasteiger partial charge on any atom is 0.240 e. The Bertz CT molecular complexity index is 207. The Labute approximate surface area is 95.9 Å². The van der Waals surface area contributed by atoms with Crippen LogP contribution in [0.4, 0.5) is 0 Å². The molecule has 0 radical (unpaired) electrons. The van der Waals surface area contributed by atoms with Crippen LogP contribution in [0.25, 0.3) is 0 Å². The smallest absolute Gasteiger partial charge is 0.240 e. The topological polar surface area (TPSA) is 109 Å². The highest BCUT2D eigenvalue weighted by atomic mass is 16.9. The van der Waals surface area contributed by atoms with Gasteiger partial charge in [-0.3, -0.25) is 4.79 Å². The van der Waals surface area contributed by atoms with E-state index >= 15 is 0 Å². The molecule has 0 saturated heterocycles. The molecule has 0 rings (SSSR count). The van der Waals surface area contributed by atoms with Gasteiger partial charge in [0, 0.05) is 0 Å². The van der Waals surface area contributed by atoms with Crippen LogP contribution in [0.3, 0.4) is 0 Å². The van der Waals surface area contributed by atoms with E-state index < -0.39 is 11.0 Å². The molecule has 2 N–H and O–H groups in total. The van der Waals surface area contributed by atoms with Crippen LogP contribution in [0, 0.1) is 15.3 Å². The van der Waals surface area contributed by atoms with Gasteiger partial charge in [-0.15, -0.1) is 0 Å². The molecule has 0 unspecified atom stereocenters. The zero-order valence-corrected chi connectivity index (χ0v) is 10.3. The molecule has 0 fully saturated rings. The monoisotopic (exact) mass is 235 g/mol. The number of carbonyl (C=O) groups is 1. The van der Waals surface area contributed by atoms with E-state index in [1.807, 2.05) is 0 Å². The van der Waals surface area contributed by atoms with Crippen LogP contribution >= 0.6 is 0 Å². The van der Waals surface area contributed by atoms with Crippen LogP contribution in [0.15, 0.2) is 12.7 Å². The van der Waals surface area contributed by atoms with Crippen LogP contribution in [-0.2, 0) is 4.79 Å². The minimum atomic E-state index is -1.75. The van der Waals surface area contributed by atoms with Crippen molar-refractivity contribution in [3.05, 3.63) is 28.0 Å². The van der Waals surface area contributed by atoms with Crippen molar-refractivity contribution in [1.82, 2.24) is 0 Å². The van der Waals surface area contributed by atoms with Gasteiger partial charge in [0.25, 0.3) is 0 Å². The van der Waals surface area contributed by atoms with Gasteiger partial charge in [-0.25, -0.2) is 0 Å². The Morgan fingerprint density at radius 2 is 1.69 bits per heavy atom. The van der Waals surface area contributed by atoms with Gasteiger partial charge in [0.2, 0.25) is 5.91 Å². The summed E-state index contributed by atoms with van der Waals surface area (Å²) in [6.07, 6.45) is 2.34. The van der Waals surface area contributed by atoms with Gasteiger partial charge < -0.3 is 25.5 Å². The SMILES string of the molecule is C=CC(N)=O.CCC[N+](C)(C)C.O=[N+]([O-])[O-]. The van der Waals surface area contributed by atoms with E-state index in [9.17, 15) is 4.79 Å². The first kappa shape index (κ1) is 19.9. The number of rotatable bonds is 3. The van der Waals surface area contributed by atoms with Gasteiger partial charge in [-0.05, 0) is 12.5 Å². The summed E-state index contributed by atoms with van der Waals surface area (Å²) in [5, 5.41) is 14.8. The normalized spacial score (nSPS) is 8.75. The van der Waals surface area contributed by atoms with Crippen molar-refractivity contribution in [1.29, 1.82) is 0 Å². The lowest BCUT2D eigenvalue weighted by molar-refractivity contribution is -0.870. The second-order valence-electron chi connectivity index (χ2n) is 3.84. The maximum absolute atomic E-state index is 9.47. The fourth-order valence-corrected chi connectivity index (χ4v) is 0.671. The van der Waals surface area contributed by atoms with Gasteiger partial charge in [0.05, 0.1) is 32.8 Å². The van der Waals surface area contributed by atoms with Gasteiger partial charge in [0.15, 0.2) is 0 Å². The molecule has 0 bridgehead atoms. The van der Waals surface area contributed by atoms with E-state index in [0.717, 1.165) is 10.6 Å². The first-order valence-corrected chi connectivity index (χ1v) is 4.60. The van der Waals surface area contributed by atoms with Gasteiger partial charge in [-0.1, -0.05) is 13.5 Å². The summed E-state index contributed by atoms with van der Waals surface area (Å²) in [5.41, 5.74) is 4.53. The highest BCUT2D eigenvalue weighted by Crippen LogP contribution is 1.90. The third kappa shape index (κ3) is 83.7. The molecule has 0 heterocycles. The second kappa shape index (κ2) is 11.4. The lowest BCUT2D eigenvalue weighted by Gasteiger charge is -2.22. The molecule has 0 aromatic rings. The summed E-state index contributed by atoms with van der Waals surface area (Å²) in [5.74, 6) is -0.481. The number of carbonyl (C=O) groups excluding carboxylic acids is 1. The minimum absolute atomic E-state index is 0.481. The molecule has 0 aromatic heterocycles. The predicted octanol–water partition coefficient (Wildman–Crippen LogP) is 0.521. The lowest BCUT2D eigenvalue weighted by atomic mass is 10.4. The van der Waals surface area contributed by atoms with Crippen molar-refractivity contribution < 1.29 is 14.4 Å². The average molecular weight is 235 g/mol. The number of nitrogens with two attached hydrogens (primary N) is 1. The summed E-state index contributed by atoms with van der Waals surface area (Å²) in [6.45, 7) is 6.58. The van der Waals surface area contributed by atoms with Crippen molar-refractivity contribution in [2.45, 2.75) is 13.3 Å². The summed E-state index contributed by atoms with van der Waals surface area (Å²) < 4.78 is 1.09. The number of quaternary nitrogens is 1. The Balaban J connectivity index is -0.000000166. The van der Waals surface area contributed by atoms with Crippen LogP contribution < -0.4 is 5.73 Å². The highest BCUT2D eigenvalue weighted by molar-refractivity contribution is 5.84. The molecule has 0 aliphatic heterocycles. The van der Waals surface area contributed by atoms with Crippen LogP contribution in [0.5, 0.6) is 0 Å². The third-order valence-corrected chi connectivity index (χ3v) is 1.10. The van der Waals surface area contributed by atoms with Crippen molar-refractivity contribution >= 4 is 5.91 Å². The Kier molecular flexibility index (Phi) is 14.2. The van der Waals surface area contributed by atoms with Gasteiger partial charge in [-0.2, -0.15) is 0 Å². The first-order valence-electron chi connectivity index (χ1n) is 4.60. The maximum atomic E-state index is 9.47. The molecule has 7 nitrogen and oxygen atoms in total. The molecule has 0 aromatic carbocycles. The zero-order valence-electron chi connectivity index (χ0n) is 10.3. The summed E-state index contributed by atoms with van der Waals surface area (Å²) in [4.78, 5) is 17.7. The zero-order chi connectivity index (χ0) is 13.8. The van der Waals surface area contributed by atoms with Crippen LogP contribution in [-0.4, -0.2) is 43.2 Å². The summed E-state index contributed by atoms with van der Waals surface area (Å²) in [7, 11) is 6.64. The average Bonchev–Trinajstić information content (AvgIpc) is 2.01. The fourth-order valence-electron chi connectivity index (χ4n) is 0.671. The van der Waals surface area contributed by atoms with E-state index in [2.05, 4.69) is 40.4 Å². The molecule has 16 heavy (non-hydrogen) atoms. The molecule has 0 saturated carbocycles. The van der Waals surface area contributed by atoms with E-state index in [1.54, 1.807) is 0 Å². The van der Waals surface area contributed by atoms with E-state index in [1.165, 1.54) is 13.0 Å². The second-order valence-corrected chi connectivity index (χ2v) is 3.84. The Hall–Kier alpha value is -1.63. The molecule has 0 aliphatic rings. The summed E-state index contributed by atoms with van der Waals surface area (Å²) >= 11 is 0. The van der Waals surface area contributed by atoms with Crippen molar-refractivity contribution in [3.8, 4) is 0 Å². The molecular formula is C9H21N3O4. The van der Waals surface area contributed by atoms with Gasteiger partial charge >= 0.3 is 0 Å². The van der Waals surface area contributed by atoms with E-state index in [4.69, 9.17) is 15.3 Å². The van der Waals surface area contributed by atoms with Gasteiger partial charge in [0.1, 0.15) is 0 Å². The minimum Gasteiger partial charge on any atom is -0.366 e. The van der Waals surface area contributed by atoms with Crippen LogP contribution in [0.1, 0.15) is 13.3 Å². The molecule has 1 amide bonds. The largest absolute Gasteiger partial charge is 0.366 e. The van der Waals surface area contributed by atoms with Crippen molar-refractivity contribution in [2.24, 2.45) is 5.73 Å². The number of hydrogen-bond acceptors (Lipinski definition) is 4. The van der Waals surface area contributed by atoms with Crippen molar-refractivity contribution in [3.63, 3.8) is 0 Å². The Morgan fingerprint density at radius 1 is 1.44 bits per heavy atom. The predicted molar refractivity (Wildman–Crippen MR) is 62.9 cm³/mol. The fraction of sp³-hybridized carbons (Fsp3) is 0.667. The number of hydrogen-bond donors (Lipinski definition) is 1. The molecule has 0 spiro atoms. The summed E-state index contributed by atoms with van der Waals surface area (Å²) in [6, 6.07) is 0. The molecule has 0 aliphatic carbocycles. The van der Waals surface area contributed by atoms with E-state index in [-0.39, 0.29) is 0 Å². The van der Waals surface area contributed by atoms with Crippen LogP contribution in [0.2, 0.25) is 0 Å². The molecule has 0 atom stereocenters. The number of nitrogens with zero attached hydrogens (tertiary/aromatic N) is 2. The molecule has 7 heteroatoms. The number of primary amides is 1. The third-order valence-electron chi connectivity index (χ3n) is 1.10. The highest BCUT2D eigenvalue weighted by Gasteiger charge is 2.01. The first-order chi connectivity index (χ1) is 7.06. The molecular weight excluding hydrogens is 214 g/mol. The quantitative estimate of drug-likeness (QED) is 0.333. The lowest BCUT2D eigenvalue weighted by Crippen LogP contribution is -2.34. The standard InChI is InChI=1S/C6H16N.C3H5NO.NO3/c1-5-6-7(2,3)4;1-2-3(4)5;2-1(3)4/h5-6H2,1-4H3;2H,1H2,(H2,4,5);/q+1;;-1. The number of amides is 1. The molecule has 96 valence electrons.